The molecule has 0 saturated carbocycles. The molecule has 0 spiro atoms. The minimum atomic E-state index is -0.0944. The monoisotopic (exact) mass is 293 g/mol. The second-order valence-electron chi connectivity index (χ2n) is 4.17. The molecule has 1 rings (SSSR count). The highest BCUT2D eigenvalue weighted by molar-refractivity contribution is 7.98. The van der Waals surface area contributed by atoms with Crippen molar-refractivity contribution in [2.24, 2.45) is 0 Å². The Labute approximate surface area is 123 Å². The predicted molar refractivity (Wildman–Crippen MR) is 81.1 cm³/mol. The van der Waals surface area contributed by atoms with Crippen LogP contribution >= 0.6 is 11.8 Å². The minimum absolute atomic E-state index is 0.0944. The maximum atomic E-state index is 11.8. The molecule has 6 heteroatoms. The van der Waals surface area contributed by atoms with Crippen molar-refractivity contribution >= 4 is 23.4 Å². The number of nitrogens with zero attached hydrogens (tertiary/aromatic N) is 2. The van der Waals surface area contributed by atoms with Gasteiger partial charge in [0, 0.05) is 25.6 Å². The highest BCUT2D eigenvalue weighted by Crippen LogP contribution is 2.28. The molecule has 0 unspecified atom stereocenters. The van der Waals surface area contributed by atoms with Gasteiger partial charge in [-0.15, -0.1) is 11.8 Å². The highest BCUT2D eigenvalue weighted by atomic mass is 32.2. The first-order chi connectivity index (χ1) is 9.63. The van der Waals surface area contributed by atoms with Gasteiger partial charge >= 0.3 is 0 Å². The van der Waals surface area contributed by atoms with Gasteiger partial charge in [0.05, 0.1) is 24.4 Å². The Hall–Kier alpha value is -1.71. The number of nitriles is 1. The summed E-state index contributed by atoms with van der Waals surface area (Å²) in [6.45, 7) is 1.18. The first kappa shape index (κ1) is 16.3. The van der Waals surface area contributed by atoms with E-state index in [1.165, 1.54) is 11.8 Å². The highest BCUT2D eigenvalue weighted by Gasteiger charge is 2.13. The SMILES string of the molecule is COCCNC(=O)CN(C)c1cccc(SC)c1C#N. The van der Waals surface area contributed by atoms with Crippen molar-refractivity contribution in [1.82, 2.24) is 5.32 Å². The number of benzene rings is 1. The van der Waals surface area contributed by atoms with Crippen LogP contribution in [0.2, 0.25) is 0 Å². The number of amides is 1. The van der Waals surface area contributed by atoms with Crippen LogP contribution in [0.5, 0.6) is 0 Å². The second kappa shape index (κ2) is 8.46. The van der Waals surface area contributed by atoms with Gasteiger partial charge in [-0.2, -0.15) is 5.26 Å². The topological polar surface area (TPSA) is 65.4 Å². The molecular weight excluding hydrogens is 274 g/mol. The number of carbonyl (C=O) groups excluding carboxylic acids is 1. The molecule has 0 aliphatic heterocycles. The van der Waals surface area contributed by atoms with Crippen LogP contribution in [-0.2, 0) is 9.53 Å². The van der Waals surface area contributed by atoms with Gasteiger partial charge in [-0.3, -0.25) is 4.79 Å². The summed E-state index contributed by atoms with van der Waals surface area (Å²) in [7, 11) is 3.39. The number of methoxy groups -OCH3 is 1. The van der Waals surface area contributed by atoms with Crippen molar-refractivity contribution in [1.29, 1.82) is 5.26 Å². The zero-order valence-electron chi connectivity index (χ0n) is 12.0. The van der Waals surface area contributed by atoms with Crippen molar-refractivity contribution in [3.8, 4) is 6.07 Å². The summed E-state index contributed by atoms with van der Waals surface area (Å²) in [6, 6.07) is 7.85. The van der Waals surface area contributed by atoms with Gasteiger partial charge in [-0.05, 0) is 18.4 Å². The first-order valence-corrected chi connectivity index (χ1v) is 7.40. The number of thioether (sulfide) groups is 1. The van der Waals surface area contributed by atoms with Gasteiger partial charge in [-0.1, -0.05) is 6.07 Å². The lowest BCUT2D eigenvalue weighted by atomic mass is 10.2. The molecule has 1 N–H and O–H groups in total. The number of hydrogen-bond donors (Lipinski definition) is 1. The van der Waals surface area contributed by atoms with Gasteiger partial charge in [0.2, 0.25) is 5.91 Å². The molecule has 0 fully saturated rings. The Morgan fingerprint density at radius 3 is 2.90 bits per heavy atom. The Kier molecular flexibility index (Phi) is 6.91. The van der Waals surface area contributed by atoms with E-state index >= 15 is 0 Å². The molecule has 1 amide bonds. The summed E-state index contributed by atoms with van der Waals surface area (Å²) in [6.07, 6.45) is 1.93. The molecule has 5 nitrogen and oxygen atoms in total. The average molecular weight is 293 g/mol. The third-order valence-electron chi connectivity index (χ3n) is 2.76. The number of carbonyl (C=O) groups is 1. The Morgan fingerprint density at radius 1 is 1.55 bits per heavy atom. The minimum Gasteiger partial charge on any atom is -0.383 e. The Balaban J connectivity index is 2.75. The number of ether oxygens (including phenoxy) is 1. The molecule has 0 aromatic heterocycles. The van der Waals surface area contributed by atoms with Gasteiger partial charge < -0.3 is 15.0 Å². The first-order valence-electron chi connectivity index (χ1n) is 6.18. The summed E-state index contributed by atoms with van der Waals surface area (Å²) < 4.78 is 4.87. The summed E-state index contributed by atoms with van der Waals surface area (Å²) in [5.74, 6) is -0.0944. The molecule has 0 heterocycles. The third-order valence-corrected chi connectivity index (χ3v) is 3.54. The number of anilines is 1. The van der Waals surface area contributed by atoms with Crippen LogP contribution in [0.4, 0.5) is 5.69 Å². The Bertz CT molecular complexity index is 500. The molecule has 0 atom stereocenters. The van der Waals surface area contributed by atoms with Crippen LogP contribution in [-0.4, -0.2) is 46.0 Å². The van der Waals surface area contributed by atoms with Crippen LogP contribution in [0.3, 0.4) is 0 Å². The standard InChI is InChI=1S/C14H19N3O2S/c1-17(10-14(18)16-7-8-19-2)12-5-4-6-13(20-3)11(12)9-15/h4-6H,7-8,10H2,1-3H3,(H,16,18). The van der Waals surface area contributed by atoms with E-state index in [2.05, 4.69) is 11.4 Å². The zero-order valence-corrected chi connectivity index (χ0v) is 12.8. The van der Waals surface area contributed by atoms with Gasteiger partial charge in [0.15, 0.2) is 0 Å². The van der Waals surface area contributed by atoms with Crippen LogP contribution in [0.25, 0.3) is 0 Å². The fourth-order valence-electron chi connectivity index (χ4n) is 1.77. The fraction of sp³-hybridized carbons (Fsp3) is 0.429. The van der Waals surface area contributed by atoms with E-state index in [1.807, 2.05) is 24.5 Å². The van der Waals surface area contributed by atoms with E-state index in [-0.39, 0.29) is 12.5 Å². The van der Waals surface area contributed by atoms with E-state index in [0.29, 0.717) is 18.7 Å². The number of rotatable bonds is 7. The molecule has 0 saturated heterocycles. The molecule has 0 aliphatic carbocycles. The lowest BCUT2D eigenvalue weighted by molar-refractivity contribution is -0.119. The van der Waals surface area contributed by atoms with Gasteiger partial charge in [-0.25, -0.2) is 0 Å². The summed E-state index contributed by atoms with van der Waals surface area (Å²) >= 11 is 1.52. The predicted octanol–water partition coefficient (Wildman–Crippen LogP) is 1.48. The van der Waals surface area contributed by atoms with Crippen LogP contribution in [0.15, 0.2) is 23.1 Å². The number of likely N-dealkylation sites (N-methyl/N-ethyl adjacent to an activating group) is 1. The molecule has 20 heavy (non-hydrogen) atoms. The van der Waals surface area contributed by atoms with E-state index < -0.39 is 0 Å². The smallest absolute Gasteiger partial charge is 0.239 e. The maximum absolute atomic E-state index is 11.8. The van der Waals surface area contributed by atoms with Gasteiger partial charge in [0.25, 0.3) is 0 Å². The van der Waals surface area contributed by atoms with Crippen molar-refractivity contribution in [2.45, 2.75) is 4.90 Å². The van der Waals surface area contributed by atoms with E-state index in [9.17, 15) is 10.1 Å². The molecular formula is C14H19N3O2S. The van der Waals surface area contributed by atoms with Crippen molar-refractivity contribution < 1.29 is 9.53 Å². The second-order valence-corrected chi connectivity index (χ2v) is 5.01. The average Bonchev–Trinajstić information content (AvgIpc) is 2.46. The molecule has 0 aliphatic rings. The van der Waals surface area contributed by atoms with Crippen molar-refractivity contribution in [3.63, 3.8) is 0 Å². The summed E-state index contributed by atoms with van der Waals surface area (Å²) in [5.41, 5.74) is 1.37. The quantitative estimate of drug-likeness (QED) is 0.609. The lowest BCUT2D eigenvalue weighted by Crippen LogP contribution is -2.36. The lowest BCUT2D eigenvalue weighted by Gasteiger charge is -2.21. The van der Waals surface area contributed by atoms with E-state index in [1.54, 1.807) is 19.1 Å². The van der Waals surface area contributed by atoms with Crippen molar-refractivity contribution in [3.05, 3.63) is 23.8 Å². The molecule has 1 aromatic rings. The Morgan fingerprint density at radius 2 is 2.30 bits per heavy atom. The van der Waals surface area contributed by atoms with Crippen LogP contribution in [0, 0.1) is 11.3 Å². The van der Waals surface area contributed by atoms with Gasteiger partial charge in [0.1, 0.15) is 6.07 Å². The molecule has 0 bridgehead atoms. The van der Waals surface area contributed by atoms with E-state index in [4.69, 9.17) is 4.74 Å². The maximum Gasteiger partial charge on any atom is 0.239 e. The summed E-state index contributed by atoms with van der Waals surface area (Å²) in [5, 5.41) is 12.0. The van der Waals surface area contributed by atoms with Crippen LogP contribution in [0.1, 0.15) is 5.56 Å². The largest absolute Gasteiger partial charge is 0.383 e. The van der Waals surface area contributed by atoms with Crippen LogP contribution < -0.4 is 10.2 Å². The summed E-state index contributed by atoms with van der Waals surface area (Å²) in [4.78, 5) is 14.5. The normalized spacial score (nSPS) is 9.90. The molecule has 108 valence electrons. The zero-order chi connectivity index (χ0) is 15.0. The van der Waals surface area contributed by atoms with Crippen molar-refractivity contribution in [2.75, 3.05) is 45.0 Å². The third kappa shape index (κ3) is 4.44. The number of hydrogen-bond acceptors (Lipinski definition) is 5. The number of nitrogens with one attached hydrogen (secondary N) is 1. The fourth-order valence-corrected chi connectivity index (χ4v) is 2.34. The van der Waals surface area contributed by atoms with E-state index in [0.717, 1.165) is 10.6 Å². The molecule has 0 radical (unpaired) electrons. The molecule has 1 aromatic carbocycles.